The molecule has 0 unspecified atom stereocenters. The standard InChI is InChI=1S/C22H17FN6O2/c1-14-8-9-15(11-19(14)28-22(31)16-5-2-3-6-17(16)23)21(30)27-18-7-4-10-25-20(18)29-13-24-12-26-29/h2-13H,1H3,(H,27,30)(H,28,31). The molecular formula is C22H17FN6O2. The van der Waals surface area contributed by atoms with Gasteiger partial charge in [0.1, 0.15) is 18.5 Å². The number of carbonyl (C=O) groups excluding carboxylic acids is 2. The van der Waals surface area contributed by atoms with E-state index < -0.39 is 17.6 Å². The first kappa shape index (κ1) is 19.9. The normalized spacial score (nSPS) is 10.5. The van der Waals surface area contributed by atoms with E-state index in [0.717, 1.165) is 5.56 Å². The zero-order chi connectivity index (χ0) is 21.8. The lowest BCUT2D eigenvalue weighted by atomic mass is 10.1. The largest absolute Gasteiger partial charge is 0.322 e. The molecule has 31 heavy (non-hydrogen) atoms. The highest BCUT2D eigenvalue weighted by Crippen LogP contribution is 2.21. The van der Waals surface area contributed by atoms with Crippen molar-refractivity contribution in [3.8, 4) is 5.82 Å². The number of amides is 2. The van der Waals surface area contributed by atoms with Gasteiger partial charge in [0.2, 0.25) is 0 Å². The van der Waals surface area contributed by atoms with Crippen LogP contribution in [-0.2, 0) is 0 Å². The second kappa shape index (κ2) is 8.54. The van der Waals surface area contributed by atoms with Crippen LogP contribution in [0.4, 0.5) is 15.8 Å². The average Bonchev–Trinajstić information content (AvgIpc) is 3.30. The van der Waals surface area contributed by atoms with Gasteiger partial charge in [-0.05, 0) is 48.9 Å². The third kappa shape index (κ3) is 4.30. The Labute approximate surface area is 176 Å². The van der Waals surface area contributed by atoms with Gasteiger partial charge < -0.3 is 10.6 Å². The minimum Gasteiger partial charge on any atom is -0.322 e. The van der Waals surface area contributed by atoms with Crippen LogP contribution >= 0.6 is 0 Å². The van der Waals surface area contributed by atoms with Crippen molar-refractivity contribution in [2.24, 2.45) is 0 Å². The van der Waals surface area contributed by atoms with Crippen LogP contribution in [-0.4, -0.2) is 31.6 Å². The first-order valence-corrected chi connectivity index (χ1v) is 9.31. The average molecular weight is 416 g/mol. The number of hydrogen-bond acceptors (Lipinski definition) is 5. The molecular weight excluding hydrogens is 399 g/mol. The Morgan fingerprint density at radius 1 is 0.968 bits per heavy atom. The van der Waals surface area contributed by atoms with Gasteiger partial charge >= 0.3 is 0 Å². The van der Waals surface area contributed by atoms with Gasteiger partial charge in [0.25, 0.3) is 11.8 Å². The van der Waals surface area contributed by atoms with E-state index in [-0.39, 0.29) is 5.56 Å². The summed E-state index contributed by atoms with van der Waals surface area (Å²) in [7, 11) is 0. The summed E-state index contributed by atoms with van der Waals surface area (Å²) < 4.78 is 15.3. The number of benzene rings is 2. The molecule has 9 heteroatoms. The Morgan fingerprint density at radius 3 is 2.55 bits per heavy atom. The first-order valence-electron chi connectivity index (χ1n) is 9.31. The molecule has 2 aromatic heterocycles. The first-order chi connectivity index (χ1) is 15.0. The second-order valence-electron chi connectivity index (χ2n) is 6.63. The molecule has 8 nitrogen and oxygen atoms in total. The monoisotopic (exact) mass is 416 g/mol. The Morgan fingerprint density at radius 2 is 1.77 bits per heavy atom. The van der Waals surface area contributed by atoms with E-state index in [9.17, 15) is 14.0 Å². The maximum absolute atomic E-state index is 13.9. The number of aromatic nitrogens is 4. The Bertz CT molecular complexity index is 1260. The summed E-state index contributed by atoms with van der Waals surface area (Å²) in [6, 6.07) is 13.9. The molecule has 2 aromatic carbocycles. The molecule has 0 radical (unpaired) electrons. The SMILES string of the molecule is Cc1ccc(C(=O)Nc2cccnc2-n2cncn2)cc1NC(=O)c1ccccc1F. The number of hydrogen-bond donors (Lipinski definition) is 2. The number of nitrogens with zero attached hydrogens (tertiary/aromatic N) is 4. The molecule has 4 rings (SSSR count). The molecule has 0 aliphatic carbocycles. The predicted octanol–water partition coefficient (Wildman–Crippen LogP) is 3.61. The molecule has 0 atom stereocenters. The van der Waals surface area contributed by atoms with E-state index in [2.05, 4.69) is 25.7 Å². The van der Waals surface area contributed by atoms with Crippen LogP contribution < -0.4 is 10.6 Å². The molecule has 0 saturated heterocycles. The van der Waals surface area contributed by atoms with Crippen molar-refractivity contribution >= 4 is 23.2 Å². The minimum absolute atomic E-state index is 0.0791. The van der Waals surface area contributed by atoms with Crippen LogP contribution in [0.15, 0.2) is 73.4 Å². The van der Waals surface area contributed by atoms with Crippen molar-refractivity contribution < 1.29 is 14.0 Å². The van der Waals surface area contributed by atoms with Gasteiger partial charge in [0, 0.05) is 17.4 Å². The molecule has 0 bridgehead atoms. The third-order valence-electron chi connectivity index (χ3n) is 4.54. The van der Waals surface area contributed by atoms with Crippen LogP contribution in [0, 0.1) is 12.7 Å². The van der Waals surface area contributed by atoms with Crippen molar-refractivity contribution in [2.45, 2.75) is 6.92 Å². The second-order valence-corrected chi connectivity index (χ2v) is 6.63. The van der Waals surface area contributed by atoms with Gasteiger partial charge in [-0.2, -0.15) is 5.10 Å². The van der Waals surface area contributed by atoms with E-state index in [4.69, 9.17) is 0 Å². The summed E-state index contributed by atoms with van der Waals surface area (Å²) in [5.41, 5.74) is 1.80. The molecule has 0 fully saturated rings. The fourth-order valence-electron chi connectivity index (χ4n) is 2.92. The molecule has 2 amide bonds. The fraction of sp³-hybridized carbons (Fsp3) is 0.0455. The molecule has 2 heterocycles. The zero-order valence-corrected chi connectivity index (χ0v) is 16.4. The highest BCUT2D eigenvalue weighted by molar-refractivity contribution is 6.08. The Kier molecular flexibility index (Phi) is 5.48. The van der Waals surface area contributed by atoms with E-state index >= 15 is 0 Å². The lowest BCUT2D eigenvalue weighted by Gasteiger charge is -2.13. The third-order valence-corrected chi connectivity index (χ3v) is 4.54. The summed E-state index contributed by atoms with van der Waals surface area (Å²) in [6.45, 7) is 1.78. The van der Waals surface area contributed by atoms with E-state index in [1.807, 2.05) is 0 Å². The van der Waals surface area contributed by atoms with Gasteiger partial charge in [-0.15, -0.1) is 0 Å². The van der Waals surface area contributed by atoms with E-state index in [0.29, 0.717) is 22.8 Å². The highest BCUT2D eigenvalue weighted by atomic mass is 19.1. The Hall–Kier alpha value is -4.40. The summed E-state index contributed by atoms with van der Waals surface area (Å²) in [4.78, 5) is 33.4. The topological polar surface area (TPSA) is 102 Å². The maximum Gasteiger partial charge on any atom is 0.258 e. The van der Waals surface area contributed by atoms with Gasteiger partial charge in [0.15, 0.2) is 5.82 Å². The van der Waals surface area contributed by atoms with Crippen LogP contribution in [0.25, 0.3) is 5.82 Å². The summed E-state index contributed by atoms with van der Waals surface area (Å²) in [6.07, 6.45) is 4.42. The number of aryl methyl sites for hydroxylation is 1. The number of carbonyl (C=O) groups is 2. The molecule has 0 aliphatic rings. The Balaban J connectivity index is 1.57. The van der Waals surface area contributed by atoms with E-state index in [1.54, 1.807) is 43.5 Å². The zero-order valence-electron chi connectivity index (χ0n) is 16.4. The predicted molar refractivity (Wildman–Crippen MR) is 113 cm³/mol. The highest BCUT2D eigenvalue weighted by Gasteiger charge is 2.16. The lowest BCUT2D eigenvalue weighted by molar-refractivity contribution is 0.101. The summed E-state index contributed by atoms with van der Waals surface area (Å²) in [5.74, 6) is -1.22. The number of nitrogens with one attached hydrogen (secondary N) is 2. The van der Waals surface area contributed by atoms with Crippen LogP contribution in [0.2, 0.25) is 0 Å². The fourth-order valence-corrected chi connectivity index (χ4v) is 2.92. The molecule has 0 saturated carbocycles. The quantitative estimate of drug-likeness (QED) is 0.517. The van der Waals surface area contributed by atoms with Crippen molar-refractivity contribution in [3.63, 3.8) is 0 Å². The number of rotatable bonds is 5. The summed E-state index contributed by atoms with van der Waals surface area (Å²) in [5, 5.41) is 9.49. The van der Waals surface area contributed by atoms with Crippen LogP contribution in [0.1, 0.15) is 26.3 Å². The molecule has 154 valence electrons. The lowest BCUT2D eigenvalue weighted by Crippen LogP contribution is -2.17. The number of anilines is 2. The maximum atomic E-state index is 13.9. The molecule has 2 N–H and O–H groups in total. The molecule has 0 aliphatic heterocycles. The minimum atomic E-state index is -0.622. The number of halogens is 1. The van der Waals surface area contributed by atoms with Crippen molar-refractivity contribution in [1.82, 2.24) is 19.7 Å². The van der Waals surface area contributed by atoms with Crippen LogP contribution in [0.3, 0.4) is 0 Å². The number of pyridine rings is 1. The van der Waals surface area contributed by atoms with Crippen molar-refractivity contribution in [1.29, 1.82) is 0 Å². The molecule has 0 spiro atoms. The van der Waals surface area contributed by atoms with Gasteiger partial charge in [-0.1, -0.05) is 18.2 Å². The van der Waals surface area contributed by atoms with Crippen molar-refractivity contribution in [2.75, 3.05) is 10.6 Å². The molecule has 4 aromatic rings. The van der Waals surface area contributed by atoms with E-state index in [1.165, 1.54) is 41.6 Å². The van der Waals surface area contributed by atoms with Gasteiger partial charge in [-0.25, -0.2) is 19.0 Å². The van der Waals surface area contributed by atoms with Gasteiger partial charge in [0.05, 0.1) is 11.3 Å². The van der Waals surface area contributed by atoms with Crippen LogP contribution in [0.5, 0.6) is 0 Å². The van der Waals surface area contributed by atoms with Gasteiger partial charge in [-0.3, -0.25) is 9.59 Å². The summed E-state index contributed by atoms with van der Waals surface area (Å²) >= 11 is 0. The smallest absolute Gasteiger partial charge is 0.258 e. The van der Waals surface area contributed by atoms with Crippen molar-refractivity contribution in [3.05, 3.63) is 96.0 Å².